The van der Waals surface area contributed by atoms with E-state index in [1.165, 1.54) is 0 Å². The van der Waals surface area contributed by atoms with Crippen LogP contribution in [0.3, 0.4) is 0 Å². The van der Waals surface area contributed by atoms with Crippen LogP contribution in [0.4, 0.5) is 5.69 Å². The Bertz CT molecular complexity index is 443. The lowest BCUT2D eigenvalue weighted by molar-refractivity contribution is 0.0943. The van der Waals surface area contributed by atoms with Crippen LogP contribution in [-0.4, -0.2) is 17.1 Å². The molecule has 0 radical (unpaired) electrons. The second-order valence-corrected chi connectivity index (χ2v) is 4.59. The fourth-order valence-electron chi connectivity index (χ4n) is 1.42. The first kappa shape index (κ1) is 13.4. The fourth-order valence-corrected chi connectivity index (χ4v) is 1.53. The molecule has 0 heterocycles. The second-order valence-electron chi connectivity index (χ2n) is 4.15. The van der Waals surface area contributed by atoms with Crippen LogP contribution in [0, 0.1) is 6.92 Å². The molecule has 1 aromatic rings. The van der Waals surface area contributed by atoms with Crippen LogP contribution < -0.4 is 16.4 Å². The van der Waals surface area contributed by atoms with Crippen molar-refractivity contribution in [1.29, 1.82) is 0 Å². The molecule has 92 valence electrons. The van der Waals surface area contributed by atoms with E-state index in [0.29, 0.717) is 5.56 Å². The van der Waals surface area contributed by atoms with E-state index in [0.717, 1.165) is 11.3 Å². The van der Waals surface area contributed by atoms with E-state index >= 15 is 0 Å². The summed E-state index contributed by atoms with van der Waals surface area (Å²) < 4.78 is 0. The number of nitrogens with one attached hydrogen (secondary N) is 2. The average Bonchev–Trinajstić information content (AvgIpc) is 2.19. The summed E-state index contributed by atoms with van der Waals surface area (Å²) in [7, 11) is 0. The lowest BCUT2D eigenvalue weighted by Gasteiger charge is -2.11. The number of carbonyl (C=O) groups is 1. The first-order chi connectivity index (χ1) is 7.90. The van der Waals surface area contributed by atoms with Crippen molar-refractivity contribution in [2.75, 3.05) is 5.32 Å². The molecule has 0 aromatic heterocycles. The van der Waals surface area contributed by atoms with E-state index in [-0.39, 0.29) is 17.1 Å². The number of benzene rings is 1. The van der Waals surface area contributed by atoms with Crippen molar-refractivity contribution in [1.82, 2.24) is 5.32 Å². The lowest BCUT2D eigenvalue weighted by atomic mass is 10.1. The van der Waals surface area contributed by atoms with Gasteiger partial charge < -0.3 is 16.4 Å². The fraction of sp³-hybridized carbons (Fsp3) is 0.333. The Balaban J connectivity index is 2.88. The van der Waals surface area contributed by atoms with Crippen LogP contribution in [0.1, 0.15) is 29.8 Å². The van der Waals surface area contributed by atoms with Gasteiger partial charge in [0.25, 0.3) is 5.91 Å². The van der Waals surface area contributed by atoms with Gasteiger partial charge in [-0.05, 0) is 56.8 Å². The maximum atomic E-state index is 11.8. The van der Waals surface area contributed by atoms with Crippen LogP contribution in [0.15, 0.2) is 18.2 Å². The molecular weight excluding hydrogens is 234 g/mol. The number of anilines is 1. The third-order valence-corrected chi connectivity index (χ3v) is 2.27. The molecular formula is C12H17N3OS. The molecule has 0 spiro atoms. The molecule has 0 aliphatic heterocycles. The third kappa shape index (κ3) is 4.03. The summed E-state index contributed by atoms with van der Waals surface area (Å²) in [6.45, 7) is 5.74. The summed E-state index contributed by atoms with van der Waals surface area (Å²) in [5.74, 6) is -0.0787. The molecule has 0 atom stereocenters. The van der Waals surface area contributed by atoms with Crippen LogP contribution in [-0.2, 0) is 0 Å². The highest BCUT2D eigenvalue weighted by Gasteiger charge is 2.08. The number of hydrogen-bond donors (Lipinski definition) is 3. The molecule has 0 aliphatic carbocycles. The highest BCUT2D eigenvalue weighted by molar-refractivity contribution is 7.80. The molecule has 0 saturated heterocycles. The van der Waals surface area contributed by atoms with Gasteiger partial charge >= 0.3 is 0 Å². The molecule has 0 saturated carbocycles. The van der Waals surface area contributed by atoms with Crippen molar-refractivity contribution in [2.45, 2.75) is 26.8 Å². The number of thiocarbonyl (C=S) groups is 1. The summed E-state index contributed by atoms with van der Waals surface area (Å²) >= 11 is 4.77. The minimum Gasteiger partial charge on any atom is -0.376 e. The first-order valence-electron chi connectivity index (χ1n) is 5.38. The highest BCUT2D eigenvalue weighted by atomic mass is 32.1. The minimum absolute atomic E-state index is 0.0787. The standard InChI is InChI=1S/C12H17N3OS/c1-7(2)14-11(16)9-4-5-10(8(3)6-9)15-12(13)17/h4-7H,1-3H3,(H,14,16)(H3,13,15,17). The van der Waals surface area contributed by atoms with Gasteiger partial charge in [0.15, 0.2) is 5.11 Å². The Hall–Kier alpha value is -1.62. The SMILES string of the molecule is Cc1cc(C(=O)NC(C)C)ccc1NC(N)=S. The molecule has 0 fully saturated rings. The minimum atomic E-state index is -0.0787. The van der Waals surface area contributed by atoms with Gasteiger partial charge in [-0.3, -0.25) is 4.79 Å². The molecule has 5 heteroatoms. The summed E-state index contributed by atoms with van der Waals surface area (Å²) in [6.07, 6.45) is 0. The molecule has 1 rings (SSSR count). The van der Waals surface area contributed by atoms with Gasteiger partial charge in [0.1, 0.15) is 0 Å². The molecule has 17 heavy (non-hydrogen) atoms. The predicted molar refractivity (Wildman–Crippen MR) is 74.2 cm³/mol. The number of aryl methyl sites for hydroxylation is 1. The van der Waals surface area contributed by atoms with E-state index in [4.69, 9.17) is 18.0 Å². The van der Waals surface area contributed by atoms with Crippen molar-refractivity contribution in [3.05, 3.63) is 29.3 Å². The van der Waals surface area contributed by atoms with Crippen LogP contribution in [0.2, 0.25) is 0 Å². The molecule has 4 nitrogen and oxygen atoms in total. The van der Waals surface area contributed by atoms with E-state index in [1.807, 2.05) is 20.8 Å². The Morgan fingerprint density at radius 3 is 2.53 bits per heavy atom. The molecule has 0 bridgehead atoms. The normalized spacial score (nSPS) is 10.1. The zero-order valence-corrected chi connectivity index (χ0v) is 11.0. The van der Waals surface area contributed by atoms with Crippen molar-refractivity contribution in [3.8, 4) is 0 Å². The molecule has 4 N–H and O–H groups in total. The number of nitrogens with two attached hydrogens (primary N) is 1. The average molecular weight is 251 g/mol. The predicted octanol–water partition coefficient (Wildman–Crippen LogP) is 1.79. The quantitative estimate of drug-likeness (QED) is 0.716. The van der Waals surface area contributed by atoms with Gasteiger partial charge in [0.05, 0.1) is 0 Å². The Morgan fingerprint density at radius 2 is 2.06 bits per heavy atom. The largest absolute Gasteiger partial charge is 0.376 e. The van der Waals surface area contributed by atoms with Crippen LogP contribution >= 0.6 is 12.2 Å². The van der Waals surface area contributed by atoms with Crippen LogP contribution in [0.25, 0.3) is 0 Å². The summed E-state index contributed by atoms with van der Waals surface area (Å²) in [5, 5.41) is 5.91. The number of amides is 1. The highest BCUT2D eigenvalue weighted by Crippen LogP contribution is 2.16. The van der Waals surface area contributed by atoms with Crippen molar-refractivity contribution in [2.24, 2.45) is 5.73 Å². The topological polar surface area (TPSA) is 67.2 Å². The van der Waals surface area contributed by atoms with Gasteiger partial charge in [-0.2, -0.15) is 0 Å². The Kier molecular flexibility index (Phi) is 4.45. The van der Waals surface area contributed by atoms with Gasteiger partial charge in [0, 0.05) is 17.3 Å². The van der Waals surface area contributed by atoms with E-state index in [9.17, 15) is 4.79 Å². The van der Waals surface area contributed by atoms with Gasteiger partial charge in [-0.1, -0.05) is 0 Å². The first-order valence-corrected chi connectivity index (χ1v) is 5.79. The van der Waals surface area contributed by atoms with Gasteiger partial charge in [-0.25, -0.2) is 0 Å². The number of rotatable bonds is 3. The van der Waals surface area contributed by atoms with E-state index in [1.54, 1.807) is 18.2 Å². The monoisotopic (exact) mass is 251 g/mol. The molecule has 1 amide bonds. The zero-order chi connectivity index (χ0) is 13.0. The van der Waals surface area contributed by atoms with Crippen LogP contribution in [0.5, 0.6) is 0 Å². The maximum Gasteiger partial charge on any atom is 0.251 e. The maximum absolute atomic E-state index is 11.8. The van der Waals surface area contributed by atoms with Crippen molar-refractivity contribution < 1.29 is 4.79 Å². The van der Waals surface area contributed by atoms with Gasteiger partial charge in [0.2, 0.25) is 0 Å². The second kappa shape index (κ2) is 5.63. The molecule has 0 unspecified atom stereocenters. The van der Waals surface area contributed by atoms with Crippen molar-refractivity contribution in [3.63, 3.8) is 0 Å². The summed E-state index contributed by atoms with van der Waals surface area (Å²) in [5.41, 5.74) is 7.77. The van der Waals surface area contributed by atoms with E-state index in [2.05, 4.69) is 10.6 Å². The smallest absolute Gasteiger partial charge is 0.251 e. The molecule has 1 aromatic carbocycles. The Morgan fingerprint density at radius 1 is 1.41 bits per heavy atom. The van der Waals surface area contributed by atoms with Crippen molar-refractivity contribution >= 4 is 28.9 Å². The number of hydrogen-bond acceptors (Lipinski definition) is 2. The lowest BCUT2D eigenvalue weighted by Crippen LogP contribution is -2.30. The molecule has 0 aliphatic rings. The van der Waals surface area contributed by atoms with E-state index < -0.39 is 0 Å². The van der Waals surface area contributed by atoms with Gasteiger partial charge in [-0.15, -0.1) is 0 Å². The third-order valence-electron chi connectivity index (χ3n) is 2.17. The summed E-state index contributed by atoms with van der Waals surface area (Å²) in [4.78, 5) is 11.8. The Labute approximate surface area is 107 Å². The number of carbonyl (C=O) groups excluding carboxylic acids is 1. The zero-order valence-electron chi connectivity index (χ0n) is 10.2. The summed E-state index contributed by atoms with van der Waals surface area (Å²) in [6, 6.07) is 5.46.